The molecule has 0 saturated carbocycles. The van der Waals surface area contributed by atoms with Crippen LogP contribution in [0.2, 0.25) is 0 Å². The molecule has 1 N–H and O–H groups in total. The summed E-state index contributed by atoms with van der Waals surface area (Å²) in [6, 6.07) is 20.0. The molecular formula is C25H24FN5O. The third-order valence-electron chi connectivity index (χ3n) is 5.13. The molecule has 162 valence electrons. The Morgan fingerprint density at radius 1 is 1.06 bits per heavy atom. The molecule has 1 amide bonds. The fourth-order valence-electron chi connectivity index (χ4n) is 3.46. The first-order chi connectivity index (χ1) is 15.6. The fourth-order valence-corrected chi connectivity index (χ4v) is 3.46. The number of pyridine rings is 1. The van der Waals surface area contributed by atoms with Crippen molar-refractivity contribution in [2.75, 3.05) is 25.0 Å². The van der Waals surface area contributed by atoms with Gasteiger partial charge in [-0.15, -0.1) is 0 Å². The van der Waals surface area contributed by atoms with E-state index in [9.17, 15) is 9.18 Å². The number of rotatable bonds is 8. The molecule has 0 radical (unpaired) electrons. The van der Waals surface area contributed by atoms with Crippen molar-refractivity contribution in [3.05, 3.63) is 96.7 Å². The molecule has 4 rings (SSSR count). The highest BCUT2D eigenvalue weighted by Gasteiger charge is 2.18. The molecule has 0 atom stereocenters. The second kappa shape index (κ2) is 9.87. The summed E-state index contributed by atoms with van der Waals surface area (Å²) in [6.07, 6.45) is 5.78. The summed E-state index contributed by atoms with van der Waals surface area (Å²) in [5, 5.41) is 7.61. The van der Waals surface area contributed by atoms with Crippen molar-refractivity contribution in [1.29, 1.82) is 0 Å². The zero-order valence-corrected chi connectivity index (χ0v) is 17.8. The predicted octanol–water partition coefficient (Wildman–Crippen LogP) is 4.33. The molecule has 2 heterocycles. The van der Waals surface area contributed by atoms with E-state index in [2.05, 4.69) is 15.4 Å². The highest BCUT2D eigenvalue weighted by molar-refractivity contribution is 5.99. The molecular weight excluding hydrogens is 405 g/mol. The van der Waals surface area contributed by atoms with Crippen LogP contribution in [0.4, 0.5) is 10.1 Å². The maximum atomic E-state index is 13.9. The average Bonchev–Trinajstić information content (AvgIpc) is 3.29. The molecule has 0 unspecified atom stereocenters. The zero-order chi connectivity index (χ0) is 22.3. The Labute approximate surface area is 186 Å². The molecule has 4 aromatic rings. The quantitative estimate of drug-likeness (QED) is 0.424. The number of hydrogen-bond acceptors (Lipinski definition) is 4. The van der Waals surface area contributed by atoms with E-state index in [0.717, 1.165) is 11.3 Å². The van der Waals surface area contributed by atoms with Gasteiger partial charge in [-0.3, -0.25) is 9.78 Å². The second-order valence-electron chi connectivity index (χ2n) is 7.40. The number of carbonyl (C=O) groups is 1. The van der Waals surface area contributed by atoms with Gasteiger partial charge in [-0.25, -0.2) is 9.07 Å². The summed E-state index contributed by atoms with van der Waals surface area (Å²) in [5.41, 5.74) is 3.23. The van der Waals surface area contributed by atoms with Crippen LogP contribution in [0.15, 0.2) is 85.3 Å². The minimum absolute atomic E-state index is 0.209. The lowest BCUT2D eigenvalue weighted by Gasteiger charge is -2.19. The molecule has 0 spiro atoms. The third-order valence-corrected chi connectivity index (χ3v) is 5.13. The standard InChI is InChI=1S/C25H24FN5O/c1-30(23-13-6-5-12-22(23)26)16-8-15-28-25(32)21-18-31(20-10-3-2-4-11-20)29-24(21)19-9-7-14-27-17-19/h2-7,9-14,17-18H,8,15-16H2,1H3,(H,28,32). The van der Waals surface area contributed by atoms with Gasteiger partial charge in [-0.2, -0.15) is 5.10 Å². The molecule has 32 heavy (non-hydrogen) atoms. The number of anilines is 1. The van der Waals surface area contributed by atoms with E-state index >= 15 is 0 Å². The first kappa shape index (κ1) is 21.2. The van der Waals surface area contributed by atoms with E-state index in [-0.39, 0.29) is 11.7 Å². The van der Waals surface area contributed by atoms with Gasteiger partial charge in [0.2, 0.25) is 0 Å². The lowest BCUT2D eigenvalue weighted by molar-refractivity contribution is 0.0954. The van der Waals surface area contributed by atoms with E-state index < -0.39 is 0 Å². The number of halogens is 1. The van der Waals surface area contributed by atoms with E-state index in [0.29, 0.717) is 36.5 Å². The van der Waals surface area contributed by atoms with E-state index in [1.54, 1.807) is 41.5 Å². The van der Waals surface area contributed by atoms with Gasteiger partial charge in [-0.1, -0.05) is 30.3 Å². The van der Waals surface area contributed by atoms with Crippen LogP contribution >= 0.6 is 0 Å². The van der Waals surface area contributed by atoms with Crippen molar-refractivity contribution in [1.82, 2.24) is 20.1 Å². The van der Waals surface area contributed by atoms with Gasteiger partial charge < -0.3 is 10.2 Å². The number of nitrogens with zero attached hydrogens (tertiary/aromatic N) is 4. The van der Waals surface area contributed by atoms with Gasteiger partial charge in [0, 0.05) is 44.3 Å². The van der Waals surface area contributed by atoms with Crippen molar-refractivity contribution in [2.45, 2.75) is 6.42 Å². The summed E-state index contributed by atoms with van der Waals surface area (Å²) in [4.78, 5) is 19.0. The number of para-hydroxylation sites is 2. The SMILES string of the molecule is CN(CCCNC(=O)c1cn(-c2ccccc2)nc1-c1cccnc1)c1ccccc1F. The van der Waals surface area contributed by atoms with Gasteiger partial charge in [0.25, 0.3) is 5.91 Å². The molecule has 6 nitrogen and oxygen atoms in total. The Hall–Kier alpha value is -4.00. The zero-order valence-electron chi connectivity index (χ0n) is 17.8. The molecule has 0 aliphatic carbocycles. The van der Waals surface area contributed by atoms with Crippen LogP contribution in [-0.4, -0.2) is 40.8 Å². The minimum Gasteiger partial charge on any atom is -0.372 e. The van der Waals surface area contributed by atoms with Crippen LogP contribution < -0.4 is 10.2 Å². The van der Waals surface area contributed by atoms with Gasteiger partial charge >= 0.3 is 0 Å². The highest BCUT2D eigenvalue weighted by atomic mass is 19.1. The number of amides is 1. The number of benzene rings is 2. The van der Waals surface area contributed by atoms with Crippen molar-refractivity contribution in [3.8, 4) is 16.9 Å². The van der Waals surface area contributed by atoms with Crippen molar-refractivity contribution < 1.29 is 9.18 Å². The monoisotopic (exact) mass is 429 g/mol. The van der Waals surface area contributed by atoms with Crippen molar-refractivity contribution >= 4 is 11.6 Å². The summed E-state index contributed by atoms with van der Waals surface area (Å²) in [5.74, 6) is -0.465. The molecule has 2 aromatic heterocycles. The summed E-state index contributed by atoms with van der Waals surface area (Å²) >= 11 is 0. The Kier molecular flexibility index (Phi) is 6.55. The Balaban J connectivity index is 1.45. The van der Waals surface area contributed by atoms with Crippen LogP contribution in [0.5, 0.6) is 0 Å². The van der Waals surface area contributed by atoms with Gasteiger partial charge in [0.05, 0.1) is 16.9 Å². The van der Waals surface area contributed by atoms with Gasteiger partial charge in [0.1, 0.15) is 11.5 Å². The molecule has 0 aliphatic rings. The number of hydrogen-bond donors (Lipinski definition) is 1. The van der Waals surface area contributed by atoms with Gasteiger partial charge in [0.15, 0.2) is 0 Å². The molecule has 0 fully saturated rings. The van der Waals surface area contributed by atoms with E-state index in [4.69, 9.17) is 0 Å². The lowest BCUT2D eigenvalue weighted by atomic mass is 10.1. The first-order valence-corrected chi connectivity index (χ1v) is 10.4. The van der Waals surface area contributed by atoms with Crippen LogP contribution in [0.25, 0.3) is 16.9 Å². The maximum Gasteiger partial charge on any atom is 0.255 e. The van der Waals surface area contributed by atoms with Crippen LogP contribution in [0.3, 0.4) is 0 Å². The third kappa shape index (κ3) is 4.83. The summed E-state index contributed by atoms with van der Waals surface area (Å²) in [7, 11) is 1.84. The molecule has 7 heteroatoms. The Morgan fingerprint density at radius 2 is 1.84 bits per heavy atom. The van der Waals surface area contributed by atoms with Crippen molar-refractivity contribution in [3.63, 3.8) is 0 Å². The second-order valence-corrected chi connectivity index (χ2v) is 7.40. The average molecular weight is 429 g/mol. The van der Waals surface area contributed by atoms with E-state index in [1.165, 1.54) is 6.07 Å². The number of nitrogens with one attached hydrogen (secondary N) is 1. The van der Waals surface area contributed by atoms with Crippen LogP contribution in [0, 0.1) is 5.82 Å². The summed E-state index contributed by atoms with van der Waals surface area (Å²) in [6.45, 7) is 1.07. The smallest absolute Gasteiger partial charge is 0.255 e. The lowest BCUT2D eigenvalue weighted by Crippen LogP contribution is -2.28. The molecule has 0 aliphatic heterocycles. The number of aromatic nitrogens is 3. The normalized spacial score (nSPS) is 10.7. The van der Waals surface area contributed by atoms with Crippen molar-refractivity contribution in [2.24, 2.45) is 0 Å². The first-order valence-electron chi connectivity index (χ1n) is 10.4. The van der Waals surface area contributed by atoms with E-state index in [1.807, 2.05) is 54.4 Å². The topological polar surface area (TPSA) is 63.1 Å². The largest absolute Gasteiger partial charge is 0.372 e. The van der Waals surface area contributed by atoms with Crippen LogP contribution in [0.1, 0.15) is 16.8 Å². The predicted molar refractivity (Wildman–Crippen MR) is 123 cm³/mol. The number of carbonyl (C=O) groups excluding carboxylic acids is 1. The Bertz CT molecular complexity index is 1180. The maximum absolute atomic E-state index is 13.9. The molecule has 0 saturated heterocycles. The van der Waals surface area contributed by atoms with Crippen LogP contribution in [-0.2, 0) is 0 Å². The Morgan fingerprint density at radius 3 is 2.59 bits per heavy atom. The van der Waals surface area contributed by atoms with Gasteiger partial charge in [-0.05, 0) is 42.8 Å². The fraction of sp³-hybridized carbons (Fsp3) is 0.160. The molecule has 0 bridgehead atoms. The summed E-state index contributed by atoms with van der Waals surface area (Å²) < 4.78 is 15.6. The highest BCUT2D eigenvalue weighted by Crippen LogP contribution is 2.23. The minimum atomic E-state index is -0.256. The molecule has 2 aromatic carbocycles.